The first kappa shape index (κ1) is 16.3. The molecule has 0 spiro atoms. The lowest BCUT2D eigenvalue weighted by molar-refractivity contribution is -0.137. The quantitative estimate of drug-likeness (QED) is 0.845. The molecule has 0 heterocycles. The number of benzene rings is 1. The van der Waals surface area contributed by atoms with Crippen molar-refractivity contribution in [2.45, 2.75) is 51.2 Å². The number of carboxylic acid groups (broad SMARTS) is 1. The Morgan fingerprint density at radius 2 is 1.86 bits per heavy atom. The van der Waals surface area contributed by atoms with Crippen LogP contribution in [0.1, 0.15) is 44.1 Å². The Morgan fingerprint density at radius 1 is 1.18 bits per heavy atom. The van der Waals surface area contributed by atoms with Gasteiger partial charge in [-0.3, -0.25) is 4.79 Å². The first-order valence-corrected chi connectivity index (χ1v) is 7.84. The van der Waals surface area contributed by atoms with Crippen LogP contribution >= 0.6 is 0 Å². The van der Waals surface area contributed by atoms with E-state index in [2.05, 4.69) is 5.32 Å². The van der Waals surface area contributed by atoms with Crippen LogP contribution in [0.25, 0.3) is 0 Å². The van der Waals surface area contributed by atoms with Crippen LogP contribution in [-0.4, -0.2) is 23.2 Å². The van der Waals surface area contributed by atoms with Crippen LogP contribution in [0.2, 0.25) is 0 Å². The summed E-state index contributed by atoms with van der Waals surface area (Å²) in [5.41, 5.74) is 0.908. The fourth-order valence-electron chi connectivity index (χ4n) is 2.98. The third-order valence-electron chi connectivity index (χ3n) is 4.13. The number of ether oxygens (including phenoxy) is 1. The SMILES string of the molecule is O=C(O)C[C@H](NC(=O)OCc1ccccc1)C1CCCCC1. The number of carbonyl (C=O) groups excluding carboxylic acids is 1. The molecule has 120 valence electrons. The van der Waals surface area contributed by atoms with Gasteiger partial charge in [-0.1, -0.05) is 49.6 Å². The van der Waals surface area contributed by atoms with E-state index in [1.54, 1.807) is 0 Å². The van der Waals surface area contributed by atoms with Gasteiger partial charge in [-0.05, 0) is 24.3 Å². The van der Waals surface area contributed by atoms with Crippen LogP contribution in [0.4, 0.5) is 4.79 Å². The Morgan fingerprint density at radius 3 is 2.50 bits per heavy atom. The van der Waals surface area contributed by atoms with Gasteiger partial charge in [0.25, 0.3) is 0 Å². The van der Waals surface area contributed by atoms with E-state index in [0.29, 0.717) is 0 Å². The van der Waals surface area contributed by atoms with E-state index in [0.717, 1.165) is 31.2 Å². The zero-order valence-corrected chi connectivity index (χ0v) is 12.7. The van der Waals surface area contributed by atoms with Crippen molar-refractivity contribution in [2.75, 3.05) is 0 Å². The summed E-state index contributed by atoms with van der Waals surface area (Å²) in [6.45, 7) is 0.192. The smallest absolute Gasteiger partial charge is 0.407 e. The molecule has 0 aliphatic heterocycles. The topological polar surface area (TPSA) is 75.6 Å². The van der Waals surface area contributed by atoms with Crippen molar-refractivity contribution in [1.29, 1.82) is 0 Å². The minimum atomic E-state index is -0.890. The number of nitrogens with one attached hydrogen (secondary N) is 1. The van der Waals surface area contributed by atoms with Crippen LogP contribution in [0.15, 0.2) is 30.3 Å². The van der Waals surface area contributed by atoms with Gasteiger partial charge in [-0.15, -0.1) is 0 Å². The summed E-state index contributed by atoms with van der Waals surface area (Å²) in [7, 11) is 0. The number of carboxylic acids is 1. The standard InChI is InChI=1S/C17H23NO4/c19-16(20)11-15(14-9-5-2-6-10-14)18-17(21)22-12-13-7-3-1-4-8-13/h1,3-4,7-8,14-15H,2,5-6,9-12H2,(H,18,21)(H,19,20)/t15-/m0/s1. The lowest BCUT2D eigenvalue weighted by Gasteiger charge is -2.29. The maximum absolute atomic E-state index is 11.9. The minimum absolute atomic E-state index is 0.0505. The lowest BCUT2D eigenvalue weighted by atomic mass is 9.83. The maximum Gasteiger partial charge on any atom is 0.407 e. The largest absolute Gasteiger partial charge is 0.481 e. The summed E-state index contributed by atoms with van der Waals surface area (Å²) >= 11 is 0. The molecule has 0 aromatic heterocycles. The summed E-state index contributed by atoms with van der Waals surface area (Å²) in [5.74, 6) is -0.659. The van der Waals surface area contributed by atoms with Crippen molar-refractivity contribution < 1.29 is 19.4 Å². The molecule has 2 N–H and O–H groups in total. The monoisotopic (exact) mass is 305 g/mol. The van der Waals surface area contributed by atoms with E-state index >= 15 is 0 Å². The third-order valence-corrected chi connectivity index (χ3v) is 4.13. The zero-order chi connectivity index (χ0) is 15.8. The molecule has 1 aromatic carbocycles. The Bertz CT molecular complexity index is 483. The molecule has 1 aliphatic carbocycles. The third kappa shape index (κ3) is 5.39. The Balaban J connectivity index is 1.85. The molecule has 0 bridgehead atoms. The second-order valence-corrected chi connectivity index (χ2v) is 5.81. The number of carbonyl (C=O) groups is 2. The Kier molecular flexibility index (Phi) is 6.25. The summed E-state index contributed by atoms with van der Waals surface area (Å²) < 4.78 is 5.19. The van der Waals surface area contributed by atoms with Crippen LogP contribution in [0.3, 0.4) is 0 Å². The molecule has 1 saturated carbocycles. The van der Waals surface area contributed by atoms with E-state index in [4.69, 9.17) is 9.84 Å². The van der Waals surface area contributed by atoms with Crippen LogP contribution in [0, 0.1) is 5.92 Å². The van der Waals surface area contributed by atoms with Crippen LogP contribution in [-0.2, 0) is 16.1 Å². The molecule has 0 saturated heterocycles. The van der Waals surface area contributed by atoms with Gasteiger partial charge in [0.2, 0.25) is 0 Å². The van der Waals surface area contributed by atoms with Gasteiger partial charge in [0.1, 0.15) is 6.61 Å². The molecule has 1 atom stereocenters. The second kappa shape index (κ2) is 8.41. The highest BCUT2D eigenvalue weighted by Crippen LogP contribution is 2.27. The van der Waals surface area contributed by atoms with Gasteiger partial charge < -0.3 is 15.2 Å². The minimum Gasteiger partial charge on any atom is -0.481 e. The number of aliphatic carboxylic acids is 1. The predicted octanol–water partition coefficient (Wildman–Crippen LogP) is 3.34. The molecule has 2 rings (SSSR count). The van der Waals surface area contributed by atoms with Crippen molar-refractivity contribution in [3.05, 3.63) is 35.9 Å². The highest BCUT2D eigenvalue weighted by Gasteiger charge is 2.27. The molecule has 22 heavy (non-hydrogen) atoms. The molecule has 1 aliphatic rings. The van der Waals surface area contributed by atoms with Gasteiger partial charge in [0, 0.05) is 6.04 Å². The van der Waals surface area contributed by atoms with Crippen LogP contribution in [0.5, 0.6) is 0 Å². The Hall–Kier alpha value is -2.04. The fourth-order valence-corrected chi connectivity index (χ4v) is 2.98. The fraction of sp³-hybridized carbons (Fsp3) is 0.529. The van der Waals surface area contributed by atoms with Crippen molar-refractivity contribution in [3.8, 4) is 0 Å². The molecule has 1 fully saturated rings. The zero-order valence-electron chi connectivity index (χ0n) is 12.7. The van der Waals surface area contributed by atoms with Crippen molar-refractivity contribution in [2.24, 2.45) is 5.92 Å². The van der Waals surface area contributed by atoms with Crippen LogP contribution < -0.4 is 5.32 Å². The van der Waals surface area contributed by atoms with E-state index in [1.165, 1.54) is 6.42 Å². The maximum atomic E-state index is 11.9. The number of hydrogen-bond donors (Lipinski definition) is 2. The van der Waals surface area contributed by atoms with Crippen molar-refractivity contribution in [1.82, 2.24) is 5.32 Å². The highest BCUT2D eigenvalue weighted by atomic mass is 16.5. The molecular weight excluding hydrogens is 282 g/mol. The normalized spacial score (nSPS) is 16.7. The first-order chi connectivity index (χ1) is 10.6. The average molecular weight is 305 g/mol. The van der Waals surface area contributed by atoms with Gasteiger partial charge in [0.05, 0.1) is 6.42 Å². The molecule has 1 amide bonds. The number of alkyl carbamates (subject to hydrolysis) is 1. The number of amides is 1. The van der Waals surface area contributed by atoms with Crippen molar-refractivity contribution in [3.63, 3.8) is 0 Å². The molecule has 5 heteroatoms. The summed E-state index contributed by atoms with van der Waals surface area (Å²) in [6, 6.07) is 9.07. The summed E-state index contributed by atoms with van der Waals surface area (Å²) in [5, 5.41) is 11.8. The van der Waals surface area contributed by atoms with Gasteiger partial charge >= 0.3 is 12.1 Å². The van der Waals surface area contributed by atoms with Gasteiger partial charge in [-0.25, -0.2) is 4.79 Å². The van der Waals surface area contributed by atoms with E-state index in [1.807, 2.05) is 30.3 Å². The molecule has 0 unspecified atom stereocenters. The summed E-state index contributed by atoms with van der Waals surface area (Å²) in [6.07, 6.45) is 4.73. The first-order valence-electron chi connectivity index (χ1n) is 7.84. The predicted molar refractivity (Wildman–Crippen MR) is 82.4 cm³/mol. The lowest BCUT2D eigenvalue weighted by Crippen LogP contribution is -2.42. The van der Waals surface area contributed by atoms with E-state index in [9.17, 15) is 9.59 Å². The van der Waals surface area contributed by atoms with Gasteiger partial charge in [-0.2, -0.15) is 0 Å². The summed E-state index contributed by atoms with van der Waals surface area (Å²) in [4.78, 5) is 22.9. The van der Waals surface area contributed by atoms with E-state index < -0.39 is 12.1 Å². The van der Waals surface area contributed by atoms with E-state index in [-0.39, 0.29) is 25.0 Å². The Labute approximate surface area is 130 Å². The number of rotatable bonds is 6. The molecule has 5 nitrogen and oxygen atoms in total. The second-order valence-electron chi connectivity index (χ2n) is 5.81. The molecular formula is C17H23NO4. The average Bonchev–Trinajstić information content (AvgIpc) is 2.54. The molecule has 0 radical (unpaired) electrons. The number of hydrogen-bond acceptors (Lipinski definition) is 3. The van der Waals surface area contributed by atoms with Gasteiger partial charge in [0.15, 0.2) is 0 Å². The van der Waals surface area contributed by atoms with Crippen molar-refractivity contribution >= 4 is 12.1 Å². The highest BCUT2D eigenvalue weighted by molar-refractivity contribution is 5.71. The molecule has 1 aromatic rings.